The van der Waals surface area contributed by atoms with Crippen molar-refractivity contribution in [3.05, 3.63) is 77.2 Å². The third-order valence-corrected chi connectivity index (χ3v) is 6.15. The lowest BCUT2D eigenvalue weighted by molar-refractivity contribution is 0.215. The van der Waals surface area contributed by atoms with Crippen LogP contribution in [0.2, 0.25) is 0 Å². The van der Waals surface area contributed by atoms with Crippen LogP contribution >= 0.6 is 0 Å². The quantitative estimate of drug-likeness (QED) is 0.579. The van der Waals surface area contributed by atoms with E-state index in [9.17, 15) is 4.79 Å². The Morgan fingerprint density at radius 2 is 1.85 bits per heavy atom. The SMILES string of the molecule is CCc1nc(C)nc(N2CCCN(C(=O)Nc3cccc(OC)c3)CC2)c1Cc1ccccc1. The topological polar surface area (TPSA) is 70.6 Å². The van der Waals surface area contributed by atoms with Crippen LogP contribution in [0.25, 0.3) is 0 Å². The molecule has 7 heteroatoms. The minimum absolute atomic E-state index is 0.0901. The van der Waals surface area contributed by atoms with Gasteiger partial charge < -0.3 is 19.9 Å². The zero-order valence-corrected chi connectivity index (χ0v) is 20.3. The van der Waals surface area contributed by atoms with Crippen LogP contribution in [0.5, 0.6) is 5.75 Å². The number of nitrogens with one attached hydrogen (secondary N) is 1. The Morgan fingerprint density at radius 1 is 1.03 bits per heavy atom. The highest BCUT2D eigenvalue weighted by molar-refractivity contribution is 5.89. The number of rotatable bonds is 6. The molecule has 1 aromatic heterocycles. The van der Waals surface area contributed by atoms with E-state index in [1.165, 1.54) is 11.1 Å². The van der Waals surface area contributed by atoms with Gasteiger partial charge in [0.05, 0.1) is 7.11 Å². The molecule has 1 aliphatic heterocycles. The molecule has 3 aromatic rings. The molecule has 0 radical (unpaired) electrons. The minimum Gasteiger partial charge on any atom is -0.497 e. The van der Waals surface area contributed by atoms with Gasteiger partial charge >= 0.3 is 6.03 Å². The second-order valence-electron chi connectivity index (χ2n) is 8.53. The van der Waals surface area contributed by atoms with Gasteiger partial charge in [0.15, 0.2) is 0 Å². The third kappa shape index (κ3) is 5.65. The fourth-order valence-corrected chi connectivity index (χ4v) is 4.41. The van der Waals surface area contributed by atoms with Gasteiger partial charge in [-0.2, -0.15) is 0 Å². The molecule has 1 fully saturated rings. The molecule has 0 saturated carbocycles. The Balaban J connectivity index is 1.51. The maximum atomic E-state index is 13.0. The highest BCUT2D eigenvalue weighted by Gasteiger charge is 2.23. The van der Waals surface area contributed by atoms with Gasteiger partial charge in [0.1, 0.15) is 17.4 Å². The standard InChI is InChI=1S/C27H33N5O2/c1-4-25-24(18-21-10-6-5-7-11-21)26(29-20(2)28-25)31-14-9-15-32(17-16-31)27(33)30-22-12-8-13-23(19-22)34-3/h5-8,10-13,19H,4,9,14-18H2,1-3H3,(H,30,33). The van der Waals surface area contributed by atoms with Crippen LogP contribution in [-0.2, 0) is 12.8 Å². The summed E-state index contributed by atoms with van der Waals surface area (Å²) < 4.78 is 5.26. The predicted molar refractivity (Wildman–Crippen MR) is 136 cm³/mol. The monoisotopic (exact) mass is 459 g/mol. The summed E-state index contributed by atoms with van der Waals surface area (Å²) in [4.78, 5) is 26.8. The average Bonchev–Trinajstić information content (AvgIpc) is 3.12. The molecule has 0 spiro atoms. The molecular weight excluding hydrogens is 426 g/mol. The normalized spacial score (nSPS) is 14.0. The molecular formula is C27H33N5O2. The lowest BCUT2D eigenvalue weighted by Gasteiger charge is -2.26. The van der Waals surface area contributed by atoms with Crippen molar-refractivity contribution in [3.63, 3.8) is 0 Å². The van der Waals surface area contributed by atoms with Crippen molar-refractivity contribution < 1.29 is 9.53 Å². The van der Waals surface area contributed by atoms with Gasteiger partial charge in [-0.05, 0) is 37.5 Å². The number of benzene rings is 2. The lowest BCUT2D eigenvalue weighted by atomic mass is 10.0. The largest absolute Gasteiger partial charge is 0.497 e. The van der Waals surface area contributed by atoms with Crippen molar-refractivity contribution in [2.75, 3.05) is 43.5 Å². The lowest BCUT2D eigenvalue weighted by Crippen LogP contribution is -2.38. The van der Waals surface area contributed by atoms with Crippen molar-refractivity contribution in [1.29, 1.82) is 0 Å². The Kier molecular flexibility index (Phi) is 7.62. The first-order valence-electron chi connectivity index (χ1n) is 11.9. The summed E-state index contributed by atoms with van der Waals surface area (Å²) >= 11 is 0. The first kappa shape index (κ1) is 23.5. The van der Waals surface area contributed by atoms with Gasteiger partial charge in [0.25, 0.3) is 0 Å². The molecule has 2 amide bonds. The molecule has 0 aliphatic carbocycles. The Bertz CT molecular complexity index is 1120. The van der Waals surface area contributed by atoms with E-state index in [0.717, 1.165) is 61.1 Å². The summed E-state index contributed by atoms with van der Waals surface area (Å²) in [6.45, 7) is 7.02. The summed E-state index contributed by atoms with van der Waals surface area (Å²) in [7, 11) is 1.62. The fraction of sp³-hybridized carbons (Fsp3) is 0.370. The zero-order valence-electron chi connectivity index (χ0n) is 20.3. The van der Waals surface area contributed by atoms with Crippen molar-refractivity contribution in [2.24, 2.45) is 0 Å². The number of carbonyl (C=O) groups is 1. The van der Waals surface area contributed by atoms with Gasteiger partial charge in [-0.3, -0.25) is 0 Å². The van der Waals surface area contributed by atoms with E-state index in [4.69, 9.17) is 14.7 Å². The number of hydrogen-bond donors (Lipinski definition) is 1. The van der Waals surface area contributed by atoms with E-state index < -0.39 is 0 Å². The number of carbonyl (C=O) groups excluding carboxylic acids is 1. The molecule has 1 N–H and O–H groups in total. The molecule has 0 bridgehead atoms. The molecule has 1 saturated heterocycles. The van der Waals surface area contributed by atoms with E-state index in [1.54, 1.807) is 7.11 Å². The Morgan fingerprint density at radius 3 is 2.62 bits per heavy atom. The summed E-state index contributed by atoms with van der Waals surface area (Å²) in [5.41, 5.74) is 4.27. The number of methoxy groups -OCH3 is 1. The van der Waals surface area contributed by atoms with Crippen LogP contribution in [0.1, 0.15) is 36.0 Å². The summed E-state index contributed by atoms with van der Waals surface area (Å²) in [5.74, 6) is 2.51. The Labute approximate surface area is 201 Å². The van der Waals surface area contributed by atoms with Gasteiger partial charge in [-0.25, -0.2) is 14.8 Å². The minimum atomic E-state index is -0.0901. The van der Waals surface area contributed by atoms with E-state index in [-0.39, 0.29) is 6.03 Å². The van der Waals surface area contributed by atoms with Crippen molar-refractivity contribution in [3.8, 4) is 5.75 Å². The second-order valence-corrected chi connectivity index (χ2v) is 8.53. The van der Waals surface area contributed by atoms with Crippen LogP contribution in [0.3, 0.4) is 0 Å². The summed E-state index contributed by atoms with van der Waals surface area (Å²) in [6.07, 6.45) is 2.54. The van der Waals surface area contributed by atoms with Crippen molar-refractivity contribution in [1.82, 2.24) is 14.9 Å². The predicted octanol–water partition coefficient (Wildman–Crippen LogP) is 4.69. The van der Waals surface area contributed by atoms with E-state index in [1.807, 2.05) is 42.2 Å². The van der Waals surface area contributed by atoms with Gasteiger partial charge in [-0.1, -0.05) is 43.3 Å². The first-order valence-corrected chi connectivity index (χ1v) is 11.9. The molecule has 178 valence electrons. The molecule has 2 aromatic carbocycles. The van der Waals surface area contributed by atoms with E-state index in [0.29, 0.717) is 13.1 Å². The zero-order chi connectivity index (χ0) is 23.9. The first-order chi connectivity index (χ1) is 16.6. The van der Waals surface area contributed by atoms with Crippen LogP contribution in [0.4, 0.5) is 16.3 Å². The number of ether oxygens (including phenoxy) is 1. The van der Waals surface area contributed by atoms with E-state index in [2.05, 4.69) is 41.4 Å². The second kappa shape index (κ2) is 11.0. The highest BCUT2D eigenvalue weighted by Crippen LogP contribution is 2.26. The van der Waals surface area contributed by atoms with E-state index >= 15 is 0 Å². The number of hydrogen-bond acceptors (Lipinski definition) is 5. The number of urea groups is 1. The molecule has 0 atom stereocenters. The van der Waals surface area contributed by atoms with Crippen LogP contribution in [0.15, 0.2) is 54.6 Å². The van der Waals surface area contributed by atoms with Crippen LogP contribution in [-0.4, -0.2) is 54.2 Å². The number of nitrogens with zero attached hydrogens (tertiary/aromatic N) is 4. The highest BCUT2D eigenvalue weighted by atomic mass is 16.5. The van der Waals surface area contributed by atoms with Gasteiger partial charge in [0, 0.05) is 55.6 Å². The maximum Gasteiger partial charge on any atom is 0.321 e. The summed E-state index contributed by atoms with van der Waals surface area (Å²) in [6, 6.07) is 17.8. The third-order valence-electron chi connectivity index (χ3n) is 6.15. The van der Waals surface area contributed by atoms with Crippen LogP contribution in [0, 0.1) is 6.92 Å². The Hall–Kier alpha value is -3.61. The van der Waals surface area contributed by atoms with Crippen LogP contribution < -0.4 is 15.0 Å². The number of anilines is 2. The molecule has 34 heavy (non-hydrogen) atoms. The average molecular weight is 460 g/mol. The van der Waals surface area contributed by atoms with Crippen molar-refractivity contribution in [2.45, 2.75) is 33.1 Å². The van der Waals surface area contributed by atoms with Crippen molar-refractivity contribution >= 4 is 17.5 Å². The fourth-order valence-electron chi connectivity index (χ4n) is 4.41. The molecule has 7 nitrogen and oxygen atoms in total. The molecule has 2 heterocycles. The maximum absolute atomic E-state index is 13.0. The van der Waals surface area contributed by atoms with Gasteiger partial charge in [-0.15, -0.1) is 0 Å². The molecule has 0 unspecified atom stereocenters. The number of aromatic nitrogens is 2. The number of amides is 2. The smallest absolute Gasteiger partial charge is 0.321 e. The summed E-state index contributed by atoms with van der Waals surface area (Å²) in [5, 5.41) is 3.00. The molecule has 4 rings (SSSR count). The number of aryl methyl sites for hydroxylation is 2. The molecule has 1 aliphatic rings. The van der Waals surface area contributed by atoms with Gasteiger partial charge in [0.2, 0.25) is 0 Å².